The first-order valence-electron chi connectivity index (χ1n) is 6.58. The van der Waals surface area contributed by atoms with Crippen LogP contribution in [0.15, 0.2) is 24.5 Å². The van der Waals surface area contributed by atoms with E-state index in [0.717, 1.165) is 22.4 Å². The van der Waals surface area contributed by atoms with Crippen molar-refractivity contribution < 1.29 is 0 Å². The molecule has 2 aromatic heterocycles. The van der Waals surface area contributed by atoms with E-state index in [9.17, 15) is 0 Å². The Morgan fingerprint density at radius 1 is 1.05 bits per heavy atom. The van der Waals surface area contributed by atoms with Gasteiger partial charge in [-0.15, -0.1) is 0 Å². The molecule has 0 aliphatic carbocycles. The van der Waals surface area contributed by atoms with Crippen molar-refractivity contribution in [2.24, 2.45) is 5.73 Å². The van der Waals surface area contributed by atoms with Crippen molar-refractivity contribution in [3.8, 4) is 5.95 Å². The van der Waals surface area contributed by atoms with Gasteiger partial charge in [0, 0.05) is 12.2 Å². The molecule has 0 spiro atoms. The van der Waals surface area contributed by atoms with Crippen LogP contribution in [0.1, 0.15) is 22.5 Å². The van der Waals surface area contributed by atoms with Crippen LogP contribution in [0.3, 0.4) is 0 Å². The predicted molar refractivity (Wildman–Crippen MR) is 78.8 cm³/mol. The van der Waals surface area contributed by atoms with Gasteiger partial charge in [0.25, 0.3) is 0 Å². The lowest BCUT2D eigenvalue weighted by atomic mass is 10.1. The molecule has 1 aromatic carbocycles. The second kappa shape index (κ2) is 4.68. The number of nitrogens with two attached hydrogens (primary N) is 1. The molecule has 0 fully saturated rings. The summed E-state index contributed by atoms with van der Waals surface area (Å²) in [6.07, 6.45) is 1.76. The van der Waals surface area contributed by atoms with Gasteiger partial charge in [-0.25, -0.2) is 15.0 Å². The van der Waals surface area contributed by atoms with Gasteiger partial charge in [-0.05, 0) is 50.1 Å². The topological polar surface area (TPSA) is 69.6 Å². The fourth-order valence-electron chi connectivity index (χ4n) is 2.25. The molecule has 0 saturated heterocycles. The van der Waals surface area contributed by atoms with Crippen LogP contribution in [0.5, 0.6) is 0 Å². The molecule has 5 nitrogen and oxygen atoms in total. The fourth-order valence-corrected chi connectivity index (χ4v) is 2.25. The van der Waals surface area contributed by atoms with E-state index in [0.29, 0.717) is 12.5 Å². The SMILES string of the molecule is Cc1cc(CN)nc(-n2cnc3cc(C)c(C)cc32)n1. The first-order valence-corrected chi connectivity index (χ1v) is 6.58. The zero-order valence-corrected chi connectivity index (χ0v) is 11.9. The predicted octanol–water partition coefficient (Wildman–Crippen LogP) is 2.20. The van der Waals surface area contributed by atoms with Crippen LogP contribution in [-0.2, 0) is 6.54 Å². The number of aromatic nitrogens is 4. The molecule has 0 amide bonds. The van der Waals surface area contributed by atoms with Gasteiger partial charge in [0.05, 0.1) is 16.7 Å². The van der Waals surface area contributed by atoms with Crippen LogP contribution in [-0.4, -0.2) is 19.5 Å². The minimum atomic E-state index is 0.404. The van der Waals surface area contributed by atoms with Crippen molar-refractivity contribution in [1.82, 2.24) is 19.5 Å². The number of fused-ring (bicyclic) bond motifs is 1. The summed E-state index contributed by atoms with van der Waals surface area (Å²) in [6, 6.07) is 6.10. The molecule has 0 atom stereocenters. The standard InChI is InChI=1S/C15H17N5/c1-9-4-13-14(5-10(9)2)20(8-17-13)15-18-11(3)6-12(7-16)19-15/h4-6,8H,7,16H2,1-3H3. The lowest BCUT2D eigenvalue weighted by Gasteiger charge is -2.07. The Labute approximate surface area is 117 Å². The zero-order valence-electron chi connectivity index (χ0n) is 11.9. The highest BCUT2D eigenvalue weighted by Crippen LogP contribution is 2.20. The summed E-state index contributed by atoms with van der Waals surface area (Å²) < 4.78 is 1.91. The normalized spacial score (nSPS) is 11.2. The average molecular weight is 267 g/mol. The largest absolute Gasteiger partial charge is 0.325 e. The third-order valence-electron chi connectivity index (χ3n) is 3.48. The minimum absolute atomic E-state index is 0.404. The average Bonchev–Trinajstić information content (AvgIpc) is 2.81. The number of aryl methyl sites for hydroxylation is 3. The van der Waals surface area contributed by atoms with Crippen LogP contribution in [0.2, 0.25) is 0 Å². The van der Waals surface area contributed by atoms with Crippen molar-refractivity contribution in [2.75, 3.05) is 0 Å². The Balaban J connectivity index is 2.24. The highest BCUT2D eigenvalue weighted by atomic mass is 15.2. The third kappa shape index (κ3) is 2.06. The van der Waals surface area contributed by atoms with Gasteiger partial charge in [-0.3, -0.25) is 4.57 Å². The third-order valence-corrected chi connectivity index (χ3v) is 3.48. The summed E-state index contributed by atoms with van der Waals surface area (Å²) >= 11 is 0. The summed E-state index contributed by atoms with van der Waals surface area (Å²) in [5.41, 5.74) is 11.8. The number of benzene rings is 1. The zero-order chi connectivity index (χ0) is 14.3. The van der Waals surface area contributed by atoms with Crippen LogP contribution < -0.4 is 5.73 Å². The van der Waals surface area contributed by atoms with E-state index in [1.165, 1.54) is 11.1 Å². The van der Waals surface area contributed by atoms with Gasteiger partial charge in [-0.2, -0.15) is 0 Å². The lowest BCUT2D eigenvalue weighted by Crippen LogP contribution is -2.07. The number of rotatable bonds is 2. The van der Waals surface area contributed by atoms with Crippen molar-refractivity contribution >= 4 is 11.0 Å². The van der Waals surface area contributed by atoms with E-state index in [4.69, 9.17) is 5.73 Å². The lowest BCUT2D eigenvalue weighted by molar-refractivity contribution is 0.875. The van der Waals surface area contributed by atoms with E-state index in [1.54, 1.807) is 6.33 Å². The van der Waals surface area contributed by atoms with Gasteiger partial charge in [0.15, 0.2) is 0 Å². The van der Waals surface area contributed by atoms with E-state index in [2.05, 4.69) is 40.9 Å². The molecule has 0 unspecified atom stereocenters. The molecule has 2 heterocycles. The molecule has 3 rings (SSSR count). The second-order valence-corrected chi connectivity index (χ2v) is 5.04. The molecule has 3 aromatic rings. The second-order valence-electron chi connectivity index (χ2n) is 5.04. The Kier molecular flexibility index (Phi) is 2.99. The molecule has 0 aliphatic rings. The van der Waals surface area contributed by atoms with Crippen molar-refractivity contribution in [1.29, 1.82) is 0 Å². The first kappa shape index (κ1) is 12.7. The molecule has 0 bridgehead atoms. The Bertz CT molecular complexity index is 788. The molecule has 20 heavy (non-hydrogen) atoms. The van der Waals surface area contributed by atoms with Crippen molar-refractivity contribution in [3.05, 3.63) is 47.0 Å². The smallest absolute Gasteiger partial charge is 0.235 e. The first-order chi connectivity index (χ1) is 9.58. The van der Waals surface area contributed by atoms with Crippen molar-refractivity contribution in [3.63, 3.8) is 0 Å². The number of hydrogen-bond acceptors (Lipinski definition) is 4. The minimum Gasteiger partial charge on any atom is -0.325 e. The van der Waals surface area contributed by atoms with Gasteiger partial charge < -0.3 is 5.73 Å². The van der Waals surface area contributed by atoms with Crippen LogP contribution in [0.25, 0.3) is 17.0 Å². The Morgan fingerprint density at radius 2 is 1.80 bits per heavy atom. The van der Waals surface area contributed by atoms with Crippen molar-refractivity contribution in [2.45, 2.75) is 27.3 Å². The van der Waals surface area contributed by atoms with Crippen LogP contribution in [0.4, 0.5) is 0 Å². The molecule has 0 saturated carbocycles. The summed E-state index contributed by atoms with van der Waals surface area (Å²) in [5.74, 6) is 0.621. The number of nitrogens with zero attached hydrogens (tertiary/aromatic N) is 4. The van der Waals surface area contributed by atoms with E-state index in [1.807, 2.05) is 17.6 Å². The highest BCUT2D eigenvalue weighted by molar-refractivity contribution is 5.78. The monoisotopic (exact) mass is 267 g/mol. The summed E-state index contributed by atoms with van der Waals surface area (Å²) in [7, 11) is 0. The highest BCUT2D eigenvalue weighted by Gasteiger charge is 2.10. The summed E-state index contributed by atoms with van der Waals surface area (Å²) in [5, 5.41) is 0. The van der Waals surface area contributed by atoms with Gasteiger partial charge in [0.2, 0.25) is 5.95 Å². The maximum absolute atomic E-state index is 5.68. The fraction of sp³-hybridized carbons (Fsp3) is 0.267. The van der Waals surface area contributed by atoms with E-state index < -0.39 is 0 Å². The molecule has 0 aliphatic heterocycles. The van der Waals surface area contributed by atoms with Crippen LogP contribution >= 0.6 is 0 Å². The van der Waals surface area contributed by atoms with E-state index >= 15 is 0 Å². The van der Waals surface area contributed by atoms with Gasteiger partial charge in [-0.1, -0.05) is 0 Å². The molecule has 5 heteroatoms. The quantitative estimate of drug-likeness (QED) is 0.772. The molecular weight excluding hydrogens is 250 g/mol. The van der Waals surface area contributed by atoms with Gasteiger partial charge >= 0.3 is 0 Å². The molecule has 2 N–H and O–H groups in total. The Hall–Kier alpha value is -2.27. The van der Waals surface area contributed by atoms with E-state index in [-0.39, 0.29) is 0 Å². The number of hydrogen-bond donors (Lipinski definition) is 1. The summed E-state index contributed by atoms with van der Waals surface area (Å²) in [4.78, 5) is 13.4. The maximum Gasteiger partial charge on any atom is 0.235 e. The molecule has 102 valence electrons. The molecule has 0 radical (unpaired) electrons. The molecular formula is C15H17N5. The summed E-state index contributed by atoms with van der Waals surface area (Å²) in [6.45, 7) is 6.53. The number of imidazole rings is 1. The Morgan fingerprint density at radius 3 is 2.55 bits per heavy atom. The maximum atomic E-state index is 5.68. The van der Waals surface area contributed by atoms with Gasteiger partial charge in [0.1, 0.15) is 6.33 Å². The van der Waals surface area contributed by atoms with Crippen LogP contribution in [0, 0.1) is 20.8 Å².